The van der Waals surface area contributed by atoms with Gasteiger partial charge in [-0.15, -0.1) is 16.2 Å². The maximum atomic E-state index is 12.7. The molecule has 0 radical (unpaired) electrons. The molecule has 7 nitrogen and oxygen atoms in total. The number of likely N-dealkylation sites (tertiary alicyclic amines) is 1. The second kappa shape index (κ2) is 9.95. The molecule has 3 rings (SSSR count). The van der Waals surface area contributed by atoms with Gasteiger partial charge in [-0.1, -0.05) is 24.3 Å². The maximum absolute atomic E-state index is 12.7. The number of hydrogen-bond donors (Lipinski definition) is 3. The summed E-state index contributed by atoms with van der Waals surface area (Å²) >= 11 is 6.97. The Morgan fingerprint density at radius 3 is 2.48 bits per heavy atom. The van der Waals surface area contributed by atoms with E-state index in [1.807, 2.05) is 35.4 Å². The van der Waals surface area contributed by atoms with Crippen molar-refractivity contribution in [3.8, 4) is 0 Å². The summed E-state index contributed by atoms with van der Waals surface area (Å²) in [6.45, 7) is 1.46. The van der Waals surface area contributed by atoms with E-state index in [1.165, 1.54) is 12.1 Å². The molecule has 1 heterocycles. The van der Waals surface area contributed by atoms with Crippen molar-refractivity contribution >= 4 is 50.8 Å². The van der Waals surface area contributed by atoms with Crippen LogP contribution in [0.5, 0.6) is 0 Å². The summed E-state index contributed by atoms with van der Waals surface area (Å²) < 4.78 is 29.4. The van der Waals surface area contributed by atoms with E-state index < -0.39 is 10.0 Å². The molecule has 0 saturated carbocycles. The minimum Gasteiger partial charge on any atom is -0.341 e. The third-order valence-corrected chi connectivity index (χ3v) is 6.48. The van der Waals surface area contributed by atoms with Gasteiger partial charge in [-0.05, 0) is 61.6 Å². The van der Waals surface area contributed by atoms with Gasteiger partial charge < -0.3 is 10.2 Å². The standard InChI is InChI=1S/C19H23N5O2S3/c1-28-16-9-7-8-15(14-16)20-19(27)22-21-18(24-12-5-6-13-24)23-29(25,26)17-10-3-2-4-11-17/h2-4,7-11,14H,5-6,12-13H2,1H3,(H,21,23)(H2,20,22,27). The molecule has 3 N–H and O–H groups in total. The van der Waals surface area contributed by atoms with Gasteiger partial charge >= 0.3 is 0 Å². The molecule has 0 aromatic heterocycles. The smallest absolute Gasteiger partial charge is 0.285 e. The Morgan fingerprint density at radius 1 is 1.07 bits per heavy atom. The third-order valence-electron chi connectivity index (χ3n) is 4.27. The molecule has 0 aliphatic carbocycles. The highest BCUT2D eigenvalue weighted by molar-refractivity contribution is 7.98. The Balaban J connectivity index is 1.71. The van der Waals surface area contributed by atoms with Gasteiger partial charge in [-0.25, -0.2) is 0 Å². The fourth-order valence-electron chi connectivity index (χ4n) is 2.82. The number of hydrazine groups is 1. The molecule has 2 aromatic rings. The summed E-state index contributed by atoms with van der Waals surface area (Å²) in [5, 5.41) is 3.39. The Kier molecular flexibility index (Phi) is 7.34. The summed E-state index contributed by atoms with van der Waals surface area (Å²) in [6.07, 6.45) is 3.97. The Hall–Kier alpha value is -2.30. The summed E-state index contributed by atoms with van der Waals surface area (Å²) in [5.41, 5.74) is 6.56. The van der Waals surface area contributed by atoms with Crippen molar-refractivity contribution in [3.63, 3.8) is 0 Å². The lowest BCUT2D eigenvalue weighted by Gasteiger charge is -2.22. The second-order valence-corrected chi connectivity index (χ2v) is 9.23. The number of guanidine groups is 1. The molecular weight excluding hydrogens is 426 g/mol. The molecule has 1 aliphatic heterocycles. The van der Waals surface area contributed by atoms with Crippen molar-refractivity contribution in [1.29, 1.82) is 0 Å². The minimum atomic E-state index is -3.84. The average molecular weight is 450 g/mol. The van der Waals surface area contributed by atoms with Crippen LogP contribution in [0.3, 0.4) is 0 Å². The van der Waals surface area contributed by atoms with Gasteiger partial charge in [0, 0.05) is 23.7 Å². The molecule has 0 bridgehead atoms. The van der Waals surface area contributed by atoms with Crippen LogP contribution >= 0.6 is 24.0 Å². The average Bonchev–Trinajstić information content (AvgIpc) is 3.26. The highest BCUT2D eigenvalue weighted by Gasteiger charge is 2.21. The fraction of sp³-hybridized carbons (Fsp3) is 0.263. The summed E-state index contributed by atoms with van der Waals surface area (Å²) in [7, 11) is -3.84. The van der Waals surface area contributed by atoms with Crippen LogP contribution in [0.15, 0.2) is 68.8 Å². The van der Waals surface area contributed by atoms with Crippen LogP contribution in [0.2, 0.25) is 0 Å². The van der Waals surface area contributed by atoms with Gasteiger partial charge in [-0.3, -0.25) is 10.9 Å². The molecule has 10 heteroatoms. The molecule has 0 atom stereocenters. The van der Waals surface area contributed by atoms with E-state index in [9.17, 15) is 8.42 Å². The minimum absolute atomic E-state index is 0.146. The molecule has 0 unspecified atom stereocenters. The third kappa shape index (κ3) is 6.09. The summed E-state index contributed by atoms with van der Waals surface area (Å²) in [4.78, 5) is 3.15. The molecule has 29 heavy (non-hydrogen) atoms. The monoisotopic (exact) mass is 449 g/mol. The van der Waals surface area contributed by atoms with E-state index in [4.69, 9.17) is 12.2 Å². The number of sulfonamides is 1. The maximum Gasteiger partial charge on any atom is 0.285 e. The number of hydrogen-bond acceptors (Lipinski definition) is 4. The van der Waals surface area contributed by atoms with Crippen molar-refractivity contribution in [2.24, 2.45) is 4.40 Å². The van der Waals surface area contributed by atoms with Crippen molar-refractivity contribution in [2.75, 3.05) is 24.7 Å². The van der Waals surface area contributed by atoms with Gasteiger partial charge in [0.15, 0.2) is 5.11 Å². The summed E-state index contributed by atoms with van der Waals surface area (Å²) in [6, 6.07) is 16.0. The van der Waals surface area contributed by atoms with Gasteiger partial charge in [0.1, 0.15) is 0 Å². The van der Waals surface area contributed by atoms with E-state index >= 15 is 0 Å². The quantitative estimate of drug-likeness (QED) is 0.216. The molecule has 2 aromatic carbocycles. The first-order valence-corrected chi connectivity index (χ1v) is 12.2. The van der Waals surface area contributed by atoms with Crippen LogP contribution in [-0.4, -0.2) is 43.7 Å². The Morgan fingerprint density at radius 2 is 1.79 bits per heavy atom. The van der Waals surface area contributed by atoms with Gasteiger partial charge in [0.05, 0.1) is 4.90 Å². The highest BCUT2D eigenvalue weighted by Crippen LogP contribution is 2.19. The first-order valence-electron chi connectivity index (χ1n) is 9.10. The van der Waals surface area contributed by atoms with E-state index in [-0.39, 0.29) is 10.9 Å². The lowest BCUT2D eigenvalue weighted by Crippen LogP contribution is -2.50. The van der Waals surface area contributed by atoms with Gasteiger partial charge in [0.25, 0.3) is 10.0 Å². The molecule has 1 fully saturated rings. The highest BCUT2D eigenvalue weighted by atomic mass is 32.2. The van der Waals surface area contributed by atoms with Crippen molar-refractivity contribution in [2.45, 2.75) is 22.6 Å². The number of anilines is 1. The number of thioether (sulfide) groups is 1. The van der Waals surface area contributed by atoms with E-state index in [1.54, 1.807) is 30.0 Å². The zero-order valence-corrected chi connectivity index (χ0v) is 18.4. The summed E-state index contributed by atoms with van der Waals surface area (Å²) in [5.74, 6) is 0.230. The lowest BCUT2D eigenvalue weighted by atomic mass is 10.3. The number of thiocarbonyl (C=S) groups is 1. The normalized spacial score (nSPS) is 14.5. The predicted molar refractivity (Wildman–Crippen MR) is 123 cm³/mol. The van der Waals surface area contributed by atoms with Crippen LogP contribution < -0.4 is 16.2 Å². The van der Waals surface area contributed by atoms with E-state index in [2.05, 4.69) is 20.6 Å². The number of benzene rings is 2. The van der Waals surface area contributed by atoms with Crippen LogP contribution in [0.25, 0.3) is 0 Å². The Bertz CT molecular complexity index is 974. The van der Waals surface area contributed by atoms with Crippen LogP contribution in [0.4, 0.5) is 5.69 Å². The molecular formula is C19H23N5O2S3. The lowest BCUT2D eigenvalue weighted by molar-refractivity contribution is 0.491. The largest absolute Gasteiger partial charge is 0.341 e. The molecule has 1 saturated heterocycles. The fourth-order valence-corrected chi connectivity index (χ4v) is 4.45. The van der Waals surface area contributed by atoms with Crippen molar-refractivity contribution < 1.29 is 8.42 Å². The van der Waals surface area contributed by atoms with Crippen molar-refractivity contribution in [3.05, 3.63) is 54.6 Å². The number of nitrogens with one attached hydrogen (secondary N) is 3. The molecule has 0 amide bonds. The van der Waals surface area contributed by atoms with E-state index in [0.717, 1.165) is 36.5 Å². The molecule has 154 valence electrons. The molecule has 0 spiro atoms. The number of nitrogens with zero attached hydrogens (tertiary/aromatic N) is 2. The van der Waals surface area contributed by atoms with Crippen molar-refractivity contribution in [1.82, 2.24) is 15.8 Å². The predicted octanol–water partition coefficient (Wildman–Crippen LogP) is 3.04. The van der Waals surface area contributed by atoms with Crippen LogP contribution in [-0.2, 0) is 10.0 Å². The topological polar surface area (TPSA) is 85.8 Å². The zero-order valence-electron chi connectivity index (χ0n) is 16.0. The Labute approximate surface area is 181 Å². The zero-order chi connectivity index (χ0) is 20.7. The van der Waals surface area contributed by atoms with E-state index in [0.29, 0.717) is 5.11 Å². The first-order chi connectivity index (χ1) is 14.0. The van der Waals surface area contributed by atoms with Crippen LogP contribution in [0, 0.1) is 0 Å². The SMILES string of the molecule is CSc1cccc(NC(=S)NN/C(=N\S(=O)(=O)c2ccccc2)N2CCCC2)c1. The van der Waals surface area contributed by atoms with Gasteiger partial charge in [0.2, 0.25) is 5.96 Å². The van der Waals surface area contributed by atoms with Gasteiger partial charge in [-0.2, -0.15) is 8.42 Å². The second-order valence-electron chi connectivity index (χ2n) is 6.33. The first kappa shape index (κ1) is 21.4. The number of rotatable bonds is 4. The van der Waals surface area contributed by atoms with Crippen LogP contribution in [0.1, 0.15) is 12.8 Å². The molecule has 1 aliphatic rings.